The van der Waals surface area contributed by atoms with E-state index in [1.165, 1.54) is 12.1 Å². The number of sulfonamides is 1. The van der Waals surface area contributed by atoms with Gasteiger partial charge in [-0.3, -0.25) is 4.79 Å². The Labute approximate surface area is 288 Å². The molecule has 11 nitrogen and oxygen atoms in total. The van der Waals surface area contributed by atoms with Crippen molar-refractivity contribution in [1.29, 1.82) is 0 Å². The van der Waals surface area contributed by atoms with Crippen molar-refractivity contribution in [2.24, 2.45) is 5.41 Å². The number of hydrogen-bond donors (Lipinski definition) is 1. The minimum Gasteiger partial charge on any atom is -0.475 e. The zero-order valence-electron chi connectivity index (χ0n) is 28.9. The molecule has 12 heteroatoms. The van der Waals surface area contributed by atoms with Crippen LogP contribution < -0.4 is 14.4 Å². The van der Waals surface area contributed by atoms with Crippen molar-refractivity contribution in [1.82, 2.24) is 19.9 Å². The Morgan fingerprint density at radius 2 is 1.67 bits per heavy atom. The van der Waals surface area contributed by atoms with Gasteiger partial charge in [-0.1, -0.05) is 51.1 Å². The van der Waals surface area contributed by atoms with E-state index in [0.717, 1.165) is 29.1 Å². The third kappa shape index (κ3) is 7.86. The van der Waals surface area contributed by atoms with E-state index in [1.54, 1.807) is 23.1 Å². The number of aromatic nitrogens is 3. The van der Waals surface area contributed by atoms with Gasteiger partial charge in [0, 0.05) is 23.7 Å². The molecule has 1 fully saturated rings. The standard InChI is InChI=1S/C37H44N6O5S/c1-24-10-7-11-25(2)34(24)31-19-33-40-36(39-31)41-49(45,46)30-14-8-12-27(18-30)35(44)43(29(23-48-33)20-37(4,5)6)21-28-13-9-15-32(38-28)42-16-17-47-22-26(42)3/h7-15,18-19,26,29H,16-17,20-23H2,1-6H3,(H,39,40,41)/t26-,29-/m1/s1. The lowest BCUT2D eigenvalue weighted by molar-refractivity contribution is 0.0509. The summed E-state index contributed by atoms with van der Waals surface area (Å²) in [6, 6.07) is 19.3. The number of carbonyl (C=O) groups excluding carboxylic acids is 1. The number of aryl methyl sites for hydroxylation is 2. The van der Waals surface area contributed by atoms with E-state index < -0.39 is 16.1 Å². The smallest absolute Gasteiger partial charge is 0.264 e. The molecule has 258 valence electrons. The van der Waals surface area contributed by atoms with Gasteiger partial charge in [0.1, 0.15) is 12.4 Å². The highest BCUT2D eigenvalue weighted by Gasteiger charge is 2.32. The van der Waals surface area contributed by atoms with Crippen LogP contribution in [-0.2, 0) is 21.3 Å². The summed E-state index contributed by atoms with van der Waals surface area (Å²) in [5.41, 5.74) is 4.11. The second kappa shape index (κ2) is 13.8. The minimum atomic E-state index is -4.17. The van der Waals surface area contributed by atoms with Crippen molar-refractivity contribution in [3.63, 3.8) is 0 Å². The highest BCUT2D eigenvalue weighted by atomic mass is 32.2. The average molecular weight is 685 g/mol. The van der Waals surface area contributed by atoms with Crippen LogP contribution in [0.5, 0.6) is 5.88 Å². The lowest BCUT2D eigenvalue weighted by Crippen LogP contribution is -2.46. The summed E-state index contributed by atoms with van der Waals surface area (Å²) in [5, 5.41) is 0. The third-order valence-corrected chi connectivity index (χ3v) is 10.1. The molecule has 49 heavy (non-hydrogen) atoms. The first-order valence-electron chi connectivity index (χ1n) is 16.6. The summed E-state index contributed by atoms with van der Waals surface area (Å²) in [4.78, 5) is 32.5. The molecule has 0 aliphatic carbocycles. The molecule has 2 aliphatic heterocycles. The molecule has 2 aliphatic rings. The van der Waals surface area contributed by atoms with E-state index in [9.17, 15) is 13.2 Å². The van der Waals surface area contributed by atoms with Crippen molar-refractivity contribution in [2.75, 3.05) is 36.0 Å². The van der Waals surface area contributed by atoms with Gasteiger partial charge in [-0.05, 0) is 74.1 Å². The van der Waals surface area contributed by atoms with Crippen LogP contribution in [-0.4, -0.2) is 72.6 Å². The van der Waals surface area contributed by atoms with Gasteiger partial charge >= 0.3 is 0 Å². The van der Waals surface area contributed by atoms with Crippen LogP contribution >= 0.6 is 0 Å². The highest BCUT2D eigenvalue weighted by molar-refractivity contribution is 7.92. The van der Waals surface area contributed by atoms with Crippen LogP contribution in [0.25, 0.3) is 11.3 Å². The van der Waals surface area contributed by atoms with Crippen LogP contribution in [0.2, 0.25) is 0 Å². The quantitative estimate of drug-likeness (QED) is 0.269. The largest absolute Gasteiger partial charge is 0.475 e. The van der Waals surface area contributed by atoms with E-state index in [4.69, 9.17) is 14.5 Å². The Balaban J connectivity index is 1.46. The minimum absolute atomic E-state index is 0.0742. The van der Waals surface area contributed by atoms with Crippen molar-refractivity contribution in [2.45, 2.75) is 71.5 Å². The molecular formula is C37H44N6O5S. The molecule has 0 saturated carbocycles. The fraction of sp³-hybridized carbons (Fsp3) is 0.405. The number of anilines is 2. The number of rotatable bonds is 5. The summed E-state index contributed by atoms with van der Waals surface area (Å²) in [7, 11) is -4.17. The first kappa shape index (κ1) is 34.3. The second-order valence-electron chi connectivity index (χ2n) is 14.1. The topological polar surface area (TPSA) is 127 Å². The molecule has 1 saturated heterocycles. The summed E-state index contributed by atoms with van der Waals surface area (Å²) in [6.07, 6.45) is 0.594. The van der Waals surface area contributed by atoms with Crippen molar-refractivity contribution in [3.8, 4) is 17.1 Å². The van der Waals surface area contributed by atoms with Crippen LogP contribution in [0.4, 0.5) is 11.8 Å². The lowest BCUT2D eigenvalue weighted by atomic mass is 9.87. The van der Waals surface area contributed by atoms with E-state index in [2.05, 4.69) is 47.3 Å². The zero-order chi connectivity index (χ0) is 34.9. The molecule has 0 spiro atoms. The summed E-state index contributed by atoms with van der Waals surface area (Å²) in [5.74, 6) is 0.579. The Morgan fingerprint density at radius 3 is 2.41 bits per heavy atom. The number of ether oxygens (including phenoxy) is 2. The highest BCUT2D eigenvalue weighted by Crippen LogP contribution is 2.32. The third-order valence-electron chi connectivity index (χ3n) is 8.82. The second-order valence-corrected chi connectivity index (χ2v) is 15.8. The Bertz CT molecular complexity index is 1940. The first-order chi connectivity index (χ1) is 23.3. The number of morpholine rings is 1. The van der Waals surface area contributed by atoms with Crippen LogP contribution in [0.1, 0.15) is 61.3 Å². The fourth-order valence-electron chi connectivity index (χ4n) is 6.50. The number of nitrogens with zero attached hydrogens (tertiary/aromatic N) is 5. The molecule has 1 amide bonds. The molecular weight excluding hydrogens is 641 g/mol. The normalized spacial score (nSPS) is 19.6. The lowest BCUT2D eigenvalue weighted by Gasteiger charge is -2.36. The number of benzene rings is 2. The predicted octanol–water partition coefficient (Wildman–Crippen LogP) is 6.02. The molecule has 4 aromatic rings. The van der Waals surface area contributed by atoms with Gasteiger partial charge in [-0.15, -0.1) is 0 Å². The van der Waals surface area contributed by atoms with Gasteiger partial charge in [-0.2, -0.15) is 4.98 Å². The van der Waals surface area contributed by atoms with Crippen LogP contribution in [0.3, 0.4) is 0 Å². The number of pyridine rings is 1. The maximum atomic E-state index is 14.5. The van der Waals surface area contributed by atoms with Gasteiger partial charge in [0.15, 0.2) is 0 Å². The summed E-state index contributed by atoms with van der Waals surface area (Å²) in [6.45, 7) is 14.7. The molecule has 4 heterocycles. The molecule has 4 bridgehead atoms. The predicted molar refractivity (Wildman–Crippen MR) is 189 cm³/mol. The van der Waals surface area contributed by atoms with Gasteiger partial charge in [-0.25, -0.2) is 23.1 Å². The van der Waals surface area contributed by atoms with Gasteiger partial charge < -0.3 is 19.3 Å². The maximum absolute atomic E-state index is 14.5. The fourth-order valence-corrected chi connectivity index (χ4v) is 7.49. The van der Waals surface area contributed by atoms with Crippen molar-refractivity contribution in [3.05, 3.63) is 89.1 Å². The van der Waals surface area contributed by atoms with E-state index >= 15 is 0 Å². The molecule has 2 aromatic carbocycles. The number of hydrogen-bond acceptors (Lipinski definition) is 9. The number of fused-ring (bicyclic) bond motifs is 4. The molecule has 6 rings (SSSR count). The Kier molecular flexibility index (Phi) is 9.63. The molecule has 2 aromatic heterocycles. The van der Waals surface area contributed by atoms with E-state index in [-0.39, 0.29) is 52.8 Å². The number of amides is 1. The first-order valence-corrected chi connectivity index (χ1v) is 18.1. The number of nitrogens with one attached hydrogen (secondary N) is 1. The maximum Gasteiger partial charge on any atom is 0.264 e. The SMILES string of the molecule is Cc1cccc(C)c1-c1cc2nc(n1)NS(=O)(=O)c1cccc(c1)C(=O)N(Cc1cccc(N3CCOC[C@H]3C)n1)[C@H](CC(C)(C)C)CO2. The van der Waals surface area contributed by atoms with E-state index in [1.807, 2.05) is 50.2 Å². The Morgan fingerprint density at radius 1 is 0.939 bits per heavy atom. The molecule has 0 unspecified atom stereocenters. The zero-order valence-corrected chi connectivity index (χ0v) is 29.8. The molecule has 1 N–H and O–H groups in total. The van der Waals surface area contributed by atoms with Crippen LogP contribution in [0.15, 0.2) is 71.6 Å². The molecule has 2 atom stereocenters. The Hall–Kier alpha value is -4.55. The van der Waals surface area contributed by atoms with Gasteiger partial charge in [0.25, 0.3) is 15.9 Å². The van der Waals surface area contributed by atoms with Crippen molar-refractivity contribution >= 4 is 27.7 Å². The number of carbonyl (C=O) groups is 1. The molecule has 0 radical (unpaired) electrons. The van der Waals surface area contributed by atoms with Crippen LogP contribution in [0, 0.1) is 19.3 Å². The summed E-state index contributed by atoms with van der Waals surface area (Å²) >= 11 is 0. The van der Waals surface area contributed by atoms with Gasteiger partial charge in [0.2, 0.25) is 11.8 Å². The summed E-state index contributed by atoms with van der Waals surface area (Å²) < 4.78 is 42.0. The monoisotopic (exact) mass is 684 g/mol. The van der Waals surface area contributed by atoms with Crippen molar-refractivity contribution < 1.29 is 22.7 Å². The van der Waals surface area contributed by atoms with Gasteiger partial charge in [0.05, 0.1) is 48.1 Å². The van der Waals surface area contributed by atoms with E-state index in [0.29, 0.717) is 31.0 Å². The average Bonchev–Trinajstić information content (AvgIpc) is 3.05.